The maximum atomic E-state index is 6.10. The van der Waals surface area contributed by atoms with E-state index in [0.29, 0.717) is 0 Å². The predicted octanol–water partition coefficient (Wildman–Crippen LogP) is 3.07. The first-order valence-electron chi connectivity index (χ1n) is 9.73. The maximum Gasteiger partial charge on any atom is 0.116 e. The largest absolute Gasteiger partial charge is 0.372 e. The van der Waals surface area contributed by atoms with Gasteiger partial charge in [-0.05, 0) is 35.7 Å². The Balaban J connectivity index is 1.24. The summed E-state index contributed by atoms with van der Waals surface area (Å²) in [5, 5.41) is 1.10. The van der Waals surface area contributed by atoms with Crippen LogP contribution in [0.3, 0.4) is 0 Å². The van der Waals surface area contributed by atoms with Crippen LogP contribution in [0, 0.1) is 0 Å². The zero-order valence-corrected chi connectivity index (χ0v) is 15.4. The first kappa shape index (κ1) is 16.7. The van der Waals surface area contributed by atoms with Crippen molar-refractivity contribution in [1.29, 1.82) is 0 Å². The van der Waals surface area contributed by atoms with Gasteiger partial charge in [-0.1, -0.05) is 24.3 Å². The van der Waals surface area contributed by atoms with Crippen LogP contribution in [0.4, 0.5) is 5.69 Å². The lowest BCUT2D eigenvalue weighted by Crippen LogP contribution is -2.48. The maximum absolute atomic E-state index is 6.10. The fourth-order valence-corrected chi connectivity index (χ4v) is 4.22. The first-order valence-corrected chi connectivity index (χ1v) is 9.73. The predicted molar refractivity (Wildman–Crippen MR) is 107 cm³/mol. The highest BCUT2D eigenvalue weighted by Crippen LogP contribution is 2.28. The van der Waals surface area contributed by atoms with Gasteiger partial charge in [0.15, 0.2) is 0 Å². The van der Waals surface area contributed by atoms with Crippen molar-refractivity contribution in [2.24, 2.45) is 0 Å². The van der Waals surface area contributed by atoms with E-state index in [1.54, 1.807) is 6.33 Å². The summed E-state index contributed by atoms with van der Waals surface area (Å²) in [6.07, 6.45) is 4.73. The Labute approximate surface area is 159 Å². The molecule has 0 saturated carbocycles. The number of anilines is 1. The molecular weight excluding hydrogens is 336 g/mol. The third-order valence-corrected chi connectivity index (χ3v) is 5.74. The normalized spacial score (nSPS) is 20.6. The molecule has 27 heavy (non-hydrogen) atoms. The van der Waals surface area contributed by atoms with E-state index in [-0.39, 0.29) is 6.10 Å². The molecule has 2 aliphatic rings. The Morgan fingerprint density at radius 3 is 2.85 bits per heavy atom. The summed E-state index contributed by atoms with van der Waals surface area (Å²) in [6, 6.07) is 15.2. The van der Waals surface area contributed by atoms with E-state index in [1.165, 1.54) is 16.8 Å². The van der Waals surface area contributed by atoms with Crippen LogP contribution >= 0.6 is 0 Å². The van der Waals surface area contributed by atoms with Crippen LogP contribution in [0.25, 0.3) is 10.9 Å². The summed E-state index contributed by atoms with van der Waals surface area (Å²) in [5.41, 5.74) is 5.09. The Morgan fingerprint density at radius 2 is 1.93 bits per heavy atom. The third kappa shape index (κ3) is 3.40. The SMILES string of the molecule is c1ccc2c(c1)CCOC2CN1CCN(c2ccc3ncncc3c2)CC1. The molecule has 1 unspecified atom stereocenters. The van der Waals surface area contributed by atoms with Crippen molar-refractivity contribution in [2.75, 3.05) is 44.2 Å². The molecule has 0 aliphatic carbocycles. The topological polar surface area (TPSA) is 41.5 Å². The molecule has 3 heterocycles. The van der Waals surface area contributed by atoms with E-state index < -0.39 is 0 Å². The van der Waals surface area contributed by atoms with Crippen molar-refractivity contribution in [3.05, 3.63) is 66.1 Å². The average molecular weight is 360 g/mol. The van der Waals surface area contributed by atoms with Gasteiger partial charge in [-0.3, -0.25) is 4.90 Å². The van der Waals surface area contributed by atoms with Crippen molar-refractivity contribution >= 4 is 16.6 Å². The van der Waals surface area contributed by atoms with Gasteiger partial charge >= 0.3 is 0 Å². The van der Waals surface area contributed by atoms with Crippen molar-refractivity contribution < 1.29 is 4.74 Å². The van der Waals surface area contributed by atoms with E-state index in [4.69, 9.17) is 4.74 Å². The number of piperazine rings is 1. The van der Waals surface area contributed by atoms with Crippen LogP contribution in [-0.2, 0) is 11.2 Å². The Morgan fingerprint density at radius 1 is 1.04 bits per heavy atom. The summed E-state index contributed by atoms with van der Waals surface area (Å²) in [7, 11) is 0. The Bertz CT molecular complexity index is 936. The summed E-state index contributed by atoms with van der Waals surface area (Å²) in [6.45, 7) is 6.01. The van der Waals surface area contributed by atoms with Gasteiger partial charge in [-0.25, -0.2) is 9.97 Å². The van der Waals surface area contributed by atoms with Gasteiger partial charge in [-0.15, -0.1) is 0 Å². The van der Waals surface area contributed by atoms with E-state index in [0.717, 1.165) is 56.7 Å². The minimum atomic E-state index is 0.208. The van der Waals surface area contributed by atoms with Gasteiger partial charge in [0, 0.05) is 50.0 Å². The molecule has 1 fully saturated rings. The fraction of sp³-hybridized carbons (Fsp3) is 0.364. The molecule has 0 spiro atoms. The number of benzene rings is 2. The lowest BCUT2D eigenvalue weighted by atomic mass is 9.97. The lowest BCUT2D eigenvalue weighted by molar-refractivity contribution is 0.0148. The van der Waals surface area contributed by atoms with E-state index in [2.05, 4.69) is 62.2 Å². The molecule has 138 valence electrons. The van der Waals surface area contributed by atoms with Crippen molar-refractivity contribution in [2.45, 2.75) is 12.5 Å². The number of rotatable bonds is 3. The Kier molecular flexibility index (Phi) is 4.47. The van der Waals surface area contributed by atoms with E-state index >= 15 is 0 Å². The molecule has 1 atom stereocenters. The average Bonchev–Trinajstić information content (AvgIpc) is 2.74. The number of hydrogen-bond donors (Lipinski definition) is 0. The van der Waals surface area contributed by atoms with Crippen molar-refractivity contribution in [3.63, 3.8) is 0 Å². The summed E-state index contributed by atoms with van der Waals surface area (Å²) >= 11 is 0. The highest BCUT2D eigenvalue weighted by atomic mass is 16.5. The number of fused-ring (bicyclic) bond motifs is 2. The molecule has 3 aromatic rings. The molecule has 2 aliphatic heterocycles. The second kappa shape index (κ2) is 7.25. The molecule has 5 nitrogen and oxygen atoms in total. The van der Waals surface area contributed by atoms with Gasteiger partial charge in [0.1, 0.15) is 6.33 Å². The van der Waals surface area contributed by atoms with E-state index in [9.17, 15) is 0 Å². The van der Waals surface area contributed by atoms with Gasteiger partial charge in [-0.2, -0.15) is 0 Å². The smallest absolute Gasteiger partial charge is 0.116 e. The minimum absolute atomic E-state index is 0.208. The number of aromatic nitrogens is 2. The first-order chi connectivity index (χ1) is 13.4. The lowest BCUT2D eigenvalue weighted by Gasteiger charge is -2.38. The monoisotopic (exact) mass is 360 g/mol. The standard InChI is InChI=1S/C22H24N4O/c1-2-4-20-17(3-1)7-12-27-22(20)15-25-8-10-26(11-9-25)19-5-6-21-18(13-19)14-23-16-24-21/h1-6,13-14,16,22H,7-12,15H2. The zero-order valence-electron chi connectivity index (χ0n) is 15.4. The molecule has 1 aromatic heterocycles. The second-order valence-corrected chi connectivity index (χ2v) is 7.36. The molecule has 1 saturated heterocycles. The molecular formula is C22H24N4O. The van der Waals surface area contributed by atoms with Crippen LogP contribution in [0.15, 0.2) is 55.0 Å². The highest BCUT2D eigenvalue weighted by molar-refractivity contribution is 5.81. The number of ether oxygens (including phenoxy) is 1. The molecule has 5 heteroatoms. The molecule has 2 aromatic carbocycles. The quantitative estimate of drug-likeness (QED) is 0.718. The summed E-state index contributed by atoms with van der Waals surface area (Å²) < 4.78 is 6.10. The Hall–Kier alpha value is -2.50. The fourth-order valence-electron chi connectivity index (χ4n) is 4.22. The number of hydrogen-bond acceptors (Lipinski definition) is 5. The third-order valence-electron chi connectivity index (χ3n) is 5.74. The van der Waals surface area contributed by atoms with Crippen LogP contribution in [0.1, 0.15) is 17.2 Å². The summed E-state index contributed by atoms with van der Waals surface area (Å²) in [5.74, 6) is 0. The van der Waals surface area contributed by atoms with Gasteiger partial charge in [0.25, 0.3) is 0 Å². The van der Waals surface area contributed by atoms with Crippen molar-refractivity contribution in [1.82, 2.24) is 14.9 Å². The van der Waals surface area contributed by atoms with Crippen LogP contribution < -0.4 is 4.90 Å². The second-order valence-electron chi connectivity index (χ2n) is 7.36. The number of nitrogens with zero attached hydrogens (tertiary/aromatic N) is 4. The molecule has 0 N–H and O–H groups in total. The molecule has 0 bridgehead atoms. The van der Waals surface area contributed by atoms with Crippen LogP contribution in [0.5, 0.6) is 0 Å². The van der Waals surface area contributed by atoms with Crippen LogP contribution in [0.2, 0.25) is 0 Å². The van der Waals surface area contributed by atoms with Gasteiger partial charge in [0.2, 0.25) is 0 Å². The summed E-state index contributed by atoms with van der Waals surface area (Å²) in [4.78, 5) is 13.4. The van der Waals surface area contributed by atoms with Crippen LogP contribution in [-0.4, -0.2) is 54.2 Å². The highest BCUT2D eigenvalue weighted by Gasteiger charge is 2.25. The van der Waals surface area contributed by atoms with E-state index in [1.807, 2.05) is 6.20 Å². The minimum Gasteiger partial charge on any atom is -0.372 e. The molecule has 0 amide bonds. The zero-order chi connectivity index (χ0) is 18.1. The van der Waals surface area contributed by atoms with Crippen molar-refractivity contribution in [3.8, 4) is 0 Å². The van der Waals surface area contributed by atoms with Gasteiger partial charge in [0.05, 0.1) is 18.2 Å². The van der Waals surface area contributed by atoms with Gasteiger partial charge < -0.3 is 9.64 Å². The molecule has 5 rings (SSSR count). The molecule has 0 radical (unpaired) electrons.